The molecule has 0 radical (unpaired) electrons. The van der Waals surface area contributed by atoms with Crippen LogP contribution in [0.4, 0.5) is 0 Å². The molecular formula is C13H21BrN2O2. The summed E-state index contributed by atoms with van der Waals surface area (Å²) in [4.78, 5) is 0. The van der Waals surface area contributed by atoms with Crippen molar-refractivity contribution in [1.29, 1.82) is 0 Å². The van der Waals surface area contributed by atoms with Crippen molar-refractivity contribution in [3.63, 3.8) is 0 Å². The molecule has 0 bridgehead atoms. The first-order valence-corrected chi connectivity index (χ1v) is 6.83. The molecular weight excluding hydrogens is 296 g/mol. The number of halogens is 1. The van der Waals surface area contributed by atoms with Crippen LogP contribution in [0.25, 0.3) is 0 Å². The molecule has 0 atom stereocenters. The summed E-state index contributed by atoms with van der Waals surface area (Å²) in [6.45, 7) is 2.54. The van der Waals surface area contributed by atoms with Gasteiger partial charge < -0.3 is 20.5 Å². The second-order valence-electron chi connectivity index (χ2n) is 3.99. The molecule has 0 spiro atoms. The number of benzene rings is 1. The predicted molar refractivity (Wildman–Crippen MR) is 77.2 cm³/mol. The van der Waals surface area contributed by atoms with Crippen LogP contribution in [-0.2, 0) is 6.54 Å². The summed E-state index contributed by atoms with van der Waals surface area (Å²) >= 11 is 3.48. The normalized spacial score (nSPS) is 10.4. The van der Waals surface area contributed by atoms with Gasteiger partial charge in [0.1, 0.15) is 0 Å². The fraction of sp³-hybridized carbons (Fsp3) is 0.538. The topological polar surface area (TPSA) is 56.5 Å². The summed E-state index contributed by atoms with van der Waals surface area (Å²) in [7, 11) is 3.27. The molecule has 3 N–H and O–H groups in total. The molecule has 102 valence electrons. The maximum absolute atomic E-state index is 5.45. The zero-order valence-electron chi connectivity index (χ0n) is 11.0. The molecule has 1 aromatic carbocycles. The number of nitrogens with two attached hydrogens (primary N) is 1. The Kier molecular flexibility index (Phi) is 7.08. The van der Waals surface area contributed by atoms with E-state index in [1.807, 2.05) is 12.1 Å². The van der Waals surface area contributed by atoms with E-state index < -0.39 is 0 Å². The molecule has 5 heteroatoms. The molecule has 1 aromatic rings. The Morgan fingerprint density at radius 3 is 2.61 bits per heavy atom. The SMILES string of the molecule is COc1cc(CNCCCCN)cc(Br)c1OC. The van der Waals surface area contributed by atoms with E-state index >= 15 is 0 Å². The molecule has 0 amide bonds. The first-order chi connectivity index (χ1) is 8.72. The van der Waals surface area contributed by atoms with Gasteiger partial charge in [-0.1, -0.05) is 0 Å². The average Bonchev–Trinajstić information content (AvgIpc) is 2.37. The molecule has 0 fully saturated rings. The molecule has 0 unspecified atom stereocenters. The highest BCUT2D eigenvalue weighted by Crippen LogP contribution is 2.36. The van der Waals surface area contributed by atoms with Crippen LogP contribution in [0.3, 0.4) is 0 Å². The maximum Gasteiger partial charge on any atom is 0.174 e. The van der Waals surface area contributed by atoms with Crippen LogP contribution >= 0.6 is 15.9 Å². The third kappa shape index (κ3) is 4.48. The Balaban J connectivity index is 2.58. The fourth-order valence-electron chi connectivity index (χ4n) is 1.70. The Morgan fingerprint density at radius 1 is 1.22 bits per heavy atom. The van der Waals surface area contributed by atoms with Gasteiger partial charge in [0.25, 0.3) is 0 Å². The van der Waals surface area contributed by atoms with Crippen molar-refractivity contribution in [2.75, 3.05) is 27.3 Å². The van der Waals surface area contributed by atoms with Crippen LogP contribution in [0.1, 0.15) is 18.4 Å². The van der Waals surface area contributed by atoms with Gasteiger partial charge in [-0.25, -0.2) is 0 Å². The zero-order valence-corrected chi connectivity index (χ0v) is 12.5. The van der Waals surface area contributed by atoms with Crippen molar-refractivity contribution in [2.24, 2.45) is 5.73 Å². The van der Waals surface area contributed by atoms with E-state index in [4.69, 9.17) is 15.2 Å². The second kappa shape index (κ2) is 8.34. The molecule has 1 rings (SSSR count). The van der Waals surface area contributed by atoms with Crippen LogP contribution in [0.5, 0.6) is 11.5 Å². The number of hydrogen-bond acceptors (Lipinski definition) is 4. The Bertz CT molecular complexity index is 372. The van der Waals surface area contributed by atoms with Gasteiger partial charge in [-0.2, -0.15) is 0 Å². The molecule has 0 heterocycles. The van der Waals surface area contributed by atoms with Gasteiger partial charge in [-0.15, -0.1) is 0 Å². The molecule has 0 aliphatic rings. The van der Waals surface area contributed by atoms with Crippen molar-refractivity contribution in [3.8, 4) is 11.5 Å². The second-order valence-corrected chi connectivity index (χ2v) is 4.84. The van der Waals surface area contributed by atoms with Crippen molar-refractivity contribution in [2.45, 2.75) is 19.4 Å². The van der Waals surface area contributed by atoms with E-state index in [0.29, 0.717) is 0 Å². The highest BCUT2D eigenvalue weighted by molar-refractivity contribution is 9.10. The molecule has 0 aliphatic heterocycles. The molecule has 0 saturated carbocycles. The van der Waals surface area contributed by atoms with E-state index in [1.165, 1.54) is 0 Å². The van der Waals surface area contributed by atoms with Crippen LogP contribution in [0.2, 0.25) is 0 Å². The van der Waals surface area contributed by atoms with E-state index in [2.05, 4.69) is 21.2 Å². The van der Waals surface area contributed by atoms with Crippen molar-refractivity contribution >= 4 is 15.9 Å². The van der Waals surface area contributed by atoms with Gasteiger partial charge in [-0.3, -0.25) is 0 Å². The minimum Gasteiger partial charge on any atom is -0.493 e. The molecule has 0 saturated heterocycles. The van der Waals surface area contributed by atoms with E-state index in [-0.39, 0.29) is 0 Å². The quantitative estimate of drug-likeness (QED) is 0.723. The number of nitrogens with one attached hydrogen (secondary N) is 1. The minimum absolute atomic E-state index is 0.726. The zero-order chi connectivity index (χ0) is 13.4. The summed E-state index contributed by atoms with van der Waals surface area (Å²) in [6.07, 6.45) is 2.16. The Labute approximate surface area is 117 Å². The highest BCUT2D eigenvalue weighted by atomic mass is 79.9. The lowest BCUT2D eigenvalue weighted by Gasteiger charge is -2.12. The molecule has 18 heavy (non-hydrogen) atoms. The standard InChI is InChI=1S/C13H21BrN2O2/c1-17-12-8-10(7-11(14)13(12)18-2)9-16-6-4-3-5-15/h7-8,16H,3-6,9,15H2,1-2H3. The Hall–Kier alpha value is -0.780. The third-order valence-electron chi connectivity index (χ3n) is 2.63. The minimum atomic E-state index is 0.726. The predicted octanol–water partition coefficient (Wildman–Crippen LogP) is 2.29. The number of ether oxygens (including phenoxy) is 2. The van der Waals surface area contributed by atoms with Crippen molar-refractivity contribution in [1.82, 2.24) is 5.32 Å². The summed E-state index contributed by atoms with van der Waals surface area (Å²) < 4.78 is 11.5. The van der Waals surface area contributed by atoms with Crippen LogP contribution in [0, 0.1) is 0 Å². The lowest BCUT2D eigenvalue weighted by Crippen LogP contribution is -2.16. The fourth-order valence-corrected chi connectivity index (χ4v) is 2.35. The summed E-state index contributed by atoms with van der Waals surface area (Å²) in [6, 6.07) is 4.02. The van der Waals surface area contributed by atoms with E-state index in [0.717, 1.165) is 54.0 Å². The van der Waals surface area contributed by atoms with Crippen LogP contribution < -0.4 is 20.5 Å². The first-order valence-electron chi connectivity index (χ1n) is 6.04. The van der Waals surface area contributed by atoms with E-state index in [1.54, 1.807) is 14.2 Å². The number of unbranched alkanes of at least 4 members (excludes halogenated alkanes) is 1. The van der Waals surface area contributed by atoms with Crippen LogP contribution in [0.15, 0.2) is 16.6 Å². The number of hydrogen-bond donors (Lipinski definition) is 2. The number of methoxy groups -OCH3 is 2. The molecule has 4 nitrogen and oxygen atoms in total. The maximum atomic E-state index is 5.45. The molecule has 0 aliphatic carbocycles. The van der Waals surface area contributed by atoms with Crippen molar-refractivity contribution < 1.29 is 9.47 Å². The van der Waals surface area contributed by atoms with Gasteiger partial charge in [0.15, 0.2) is 11.5 Å². The van der Waals surface area contributed by atoms with Gasteiger partial charge in [0, 0.05) is 6.54 Å². The number of rotatable bonds is 8. The smallest absolute Gasteiger partial charge is 0.174 e. The van der Waals surface area contributed by atoms with E-state index in [9.17, 15) is 0 Å². The van der Waals surface area contributed by atoms with Gasteiger partial charge in [0.2, 0.25) is 0 Å². The van der Waals surface area contributed by atoms with Crippen molar-refractivity contribution in [3.05, 3.63) is 22.2 Å². The monoisotopic (exact) mass is 316 g/mol. The van der Waals surface area contributed by atoms with Gasteiger partial charge in [-0.05, 0) is 59.6 Å². The molecule has 0 aromatic heterocycles. The summed E-state index contributed by atoms with van der Waals surface area (Å²) in [5.74, 6) is 1.47. The average molecular weight is 317 g/mol. The van der Waals surface area contributed by atoms with Crippen LogP contribution in [-0.4, -0.2) is 27.3 Å². The summed E-state index contributed by atoms with van der Waals surface area (Å²) in [5.41, 5.74) is 6.61. The lowest BCUT2D eigenvalue weighted by atomic mass is 10.2. The Morgan fingerprint density at radius 2 is 2.00 bits per heavy atom. The third-order valence-corrected chi connectivity index (χ3v) is 3.22. The lowest BCUT2D eigenvalue weighted by molar-refractivity contribution is 0.352. The van der Waals surface area contributed by atoms with Gasteiger partial charge >= 0.3 is 0 Å². The largest absolute Gasteiger partial charge is 0.493 e. The van der Waals surface area contributed by atoms with Gasteiger partial charge in [0.05, 0.1) is 18.7 Å². The summed E-state index contributed by atoms with van der Waals surface area (Å²) in [5, 5.41) is 3.38. The first kappa shape index (κ1) is 15.3. The highest BCUT2D eigenvalue weighted by Gasteiger charge is 2.09.